The maximum atomic E-state index is 11.5. The molecule has 0 aliphatic heterocycles. The van der Waals surface area contributed by atoms with Gasteiger partial charge in [0.25, 0.3) is 0 Å². The van der Waals surface area contributed by atoms with E-state index in [0.717, 1.165) is 0 Å². The van der Waals surface area contributed by atoms with E-state index in [9.17, 15) is 14.7 Å². The van der Waals surface area contributed by atoms with Crippen molar-refractivity contribution in [3.63, 3.8) is 0 Å². The summed E-state index contributed by atoms with van der Waals surface area (Å²) in [6.07, 6.45) is 1.40. The number of ether oxygens (including phenoxy) is 1. The van der Waals surface area contributed by atoms with E-state index in [1.807, 2.05) is 0 Å². The summed E-state index contributed by atoms with van der Waals surface area (Å²) in [6.45, 7) is 1.62. The molecule has 1 N–H and O–H groups in total. The van der Waals surface area contributed by atoms with Crippen LogP contribution in [0.3, 0.4) is 0 Å². The lowest BCUT2D eigenvalue weighted by atomic mass is 10.1. The van der Waals surface area contributed by atoms with Crippen LogP contribution in [-0.2, 0) is 9.53 Å². The minimum atomic E-state index is -1.05. The molecule has 0 amide bonds. The van der Waals surface area contributed by atoms with Gasteiger partial charge in [-0.25, -0.2) is 9.59 Å². The van der Waals surface area contributed by atoms with Crippen LogP contribution in [0.25, 0.3) is 11.6 Å². The quantitative estimate of drug-likeness (QED) is 0.692. The summed E-state index contributed by atoms with van der Waals surface area (Å²) in [6, 6.07) is 4.95. The molecule has 0 saturated heterocycles. The van der Waals surface area contributed by atoms with Crippen molar-refractivity contribution in [1.29, 1.82) is 0 Å². The van der Waals surface area contributed by atoms with Gasteiger partial charge in [-0.15, -0.1) is 11.3 Å². The van der Waals surface area contributed by atoms with Crippen molar-refractivity contribution in [2.75, 3.05) is 7.11 Å². The molecule has 2 aromatic heterocycles. The van der Waals surface area contributed by atoms with Crippen LogP contribution in [-0.4, -0.2) is 24.2 Å². The predicted octanol–water partition coefficient (Wildman–Crippen LogP) is 3.06. The highest BCUT2D eigenvalue weighted by atomic mass is 32.1. The molecule has 2 rings (SSSR count). The molecule has 0 bridgehead atoms. The Morgan fingerprint density at radius 3 is 2.75 bits per heavy atom. The first-order chi connectivity index (χ1) is 9.52. The van der Waals surface area contributed by atoms with Gasteiger partial charge in [-0.1, -0.05) is 6.07 Å². The zero-order chi connectivity index (χ0) is 14.7. The summed E-state index contributed by atoms with van der Waals surface area (Å²) in [7, 11) is 1.28. The highest BCUT2D eigenvalue weighted by Gasteiger charge is 2.17. The van der Waals surface area contributed by atoms with Crippen LogP contribution >= 0.6 is 11.3 Å². The van der Waals surface area contributed by atoms with Gasteiger partial charge in [0, 0.05) is 4.88 Å². The fourth-order valence-corrected chi connectivity index (χ4v) is 2.44. The number of carboxylic acids is 1. The maximum absolute atomic E-state index is 11.5. The Morgan fingerprint density at radius 1 is 1.45 bits per heavy atom. The van der Waals surface area contributed by atoms with Crippen molar-refractivity contribution >= 4 is 34.9 Å². The number of aryl methyl sites for hydroxylation is 1. The predicted molar refractivity (Wildman–Crippen MR) is 74.6 cm³/mol. The number of furan rings is 1. The summed E-state index contributed by atoms with van der Waals surface area (Å²) in [4.78, 5) is 23.4. The third-order valence-corrected chi connectivity index (χ3v) is 3.55. The highest BCUT2D eigenvalue weighted by Crippen LogP contribution is 2.25. The largest absolute Gasteiger partial charge is 0.478 e. The first kappa shape index (κ1) is 14.1. The number of thiophene rings is 1. The molecular formula is C14H12O5S. The van der Waals surface area contributed by atoms with Crippen LogP contribution in [0, 0.1) is 6.92 Å². The van der Waals surface area contributed by atoms with Gasteiger partial charge in [-0.3, -0.25) is 0 Å². The highest BCUT2D eigenvalue weighted by molar-refractivity contribution is 7.11. The van der Waals surface area contributed by atoms with Gasteiger partial charge in [-0.05, 0) is 30.5 Å². The van der Waals surface area contributed by atoms with E-state index in [-0.39, 0.29) is 11.1 Å². The number of carboxylic acid groups (broad SMARTS) is 1. The molecule has 2 heterocycles. The van der Waals surface area contributed by atoms with E-state index in [4.69, 9.17) is 4.42 Å². The zero-order valence-corrected chi connectivity index (χ0v) is 11.7. The number of esters is 1. The monoisotopic (exact) mass is 292 g/mol. The Bertz CT molecular complexity index is 664. The first-order valence-corrected chi connectivity index (χ1v) is 6.58. The van der Waals surface area contributed by atoms with Crippen molar-refractivity contribution in [2.24, 2.45) is 0 Å². The molecule has 0 atom stereocenters. The molecule has 0 unspecified atom stereocenters. The zero-order valence-electron chi connectivity index (χ0n) is 10.9. The molecule has 0 aromatic carbocycles. The lowest BCUT2D eigenvalue weighted by Crippen LogP contribution is -2.00. The maximum Gasteiger partial charge on any atom is 0.341 e. The molecule has 20 heavy (non-hydrogen) atoms. The van der Waals surface area contributed by atoms with Gasteiger partial charge in [0.2, 0.25) is 0 Å². The van der Waals surface area contributed by atoms with Gasteiger partial charge >= 0.3 is 11.9 Å². The van der Waals surface area contributed by atoms with E-state index >= 15 is 0 Å². The fraction of sp³-hybridized carbons (Fsp3) is 0.143. The minimum absolute atomic E-state index is 0.116. The smallest absolute Gasteiger partial charge is 0.341 e. The third-order valence-electron chi connectivity index (χ3n) is 2.65. The molecule has 0 saturated carbocycles. The number of rotatable bonds is 4. The summed E-state index contributed by atoms with van der Waals surface area (Å²) < 4.78 is 10.0. The molecule has 6 heteroatoms. The Labute approximate surface area is 119 Å². The number of methoxy groups -OCH3 is 1. The van der Waals surface area contributed by atoms with E-state index in [1.165, 1.54) is 30.6 Å². The van der Waals surface area contributed by atoms with Crippen molar-refractivity contribution in [3.05, 3.63) is 45.5 Å². The van der Waals surface area contributed by atoms with Gasteiger partial charge in [0.1, 0.15) is 17.1 Å². The molecule has 0 spiro atoms. The SMILES string of the molecule is COC(=O)c1cc(/C=C(\C(=O)O)c2cccs2)oc1C. The Balaban J connectivity index is 2.43. The number of hydrogen-bond acceptors (Lipinski definition) is 5. The molecule has 0 aliphatic rings. The molecule has 2 aromatic rings. The molecule has 0 fully saturated rings. The number of carbonyl (C=O) groups excluding carboxylic acids is 1. The van der Waals surface area contributed by atoms with Gasteiger partial charge in [-0.2, -0.15) is 0 Å². The van der Waals surface area contributed by atoms with Gasteiger partial charge in [0.15, 0.2) is 0 Å². The van der Waals surface area contributed by atoms with Crippen LogP contribution in [0.15, 0.2) is 28.0 Å². The number of aliphatic carboxylic acids is 1. The van der Waals surface area contributed by atoms with Crippen LogP contribution in [0.2, 0.25) is 0 Å². The van der Waals surface area contributed by atoms with E-state index in [1.54, 1.807) is 24.4 Å². The Kier molecular flexibility index (Phi) is 4.05. The van der Waals surface area contributed by atoms with Gasteiger partial charge < -0.3 is 14.3 Å². The number of hydrogen-bond donors (Lipinski definition) is 1. The van der Waals surface area contributed by atoms with E-state index in [0.29, 0.717) is 16.4 Å². The molecule has 0 radical (unpaired) electrons. The second-order valence-electron chi connectivity index (χ2n) is 3.95. The van der Waals surface area contributed by atoms with Crippen molar-refractivity contribution in [2.45, 2.75) is 6.92 Å². The second-order valence-corrected chi connectivity index (χ2v) is 4.90. The number of carbonyl (C=O) groups is 2. The minimum Gasteiger partial charge on any atom is -0.478 e. The topological polar surface area (TPSA) is 76.7 Å². The lowest BCUT2D eigenvalue weighted by molar-refractivity contribution is -0.130. The molecule has 5 nitrogen and oxygen atoms in total. The van der Waals surface area contributed by atoms with Crippen molar-refractivity contribution in [3.8, 4) is 0 Å². The summed E-state index contributed by atoms with van der Waals surface area (Å²) in [5.74, 6) is -0.882. The standard InChI is InChI=1S/C14H12O5S/c1-8-10(14(17)18-2)6-9(19-8)7-11(13(15)16)12-4-3-5-20-12/h3-7H,1-2H3,(H,15,16)/b11-7-. The Hall–Kier alpha value is -2.34. The molecule has 0 aliphatic carbocycles. The third kappa shape index (κ3) is 2.80. The first-order valence-electron chi connectivity index (χ1n) is 5.70. The van der Waals surface area contributed by atoms with Crippen LogP contribution < -0.4 is 0 Å². The lowest BCUT2D eigenvalue weighted by Gasteiger charge is -1.97. The normalized spacial score (nSPS) is 11.4. The van der Waals surface area contributed by atoms with Crippen LogP contribution in [0.1, 0.15) is 26.8 Å². The van der Waals surface area contributed by atoms with Crippen LogP contribution in [0.5, 0.6) is 0 Å². The van der Waals surface area contributed by atoms with Gasteiger partial charge in [0.05, 0.1) is 12.7 Å². The van der Waals surface area contributed by atoms with Crippen LogP contribution in [0.4, 0.5) is 0 Å². The van der Waals surface area contributed by atoms with Crippen molar-refractivity contribution < 1.29 is 23.8 Å². The molecule has 104 valence electrons. The second kappa shape index (κ2) is 5.75. The van der Waals surface area contributed by atoms with E-state index < -0.39 is 11.9 Å². The Morgan fingerprint density at radius 2 is 2.20 bits per heavy atom. The van der Waals surface area contributed by atoms with Crippen molar-refractivity contribution in [1.82, 2.24) is 0 Å². The molecular weight excluding hydrogens is 280 g/mol. The average molecular weight is 292 g/mol. The fourth-order valence-electron chi connectivity index (χ4n) is 1.70. The summed E-state index contributed by atoms with van der Waals surface area (Å²) >= 11 is 1.32. The summed E-state index contributed by atoms with van der Waals surface area (Å²) in [5.41, 5.74) is 0.403. The van der Waals surface area contributed by atoms with E-state index in [2.05, 4.69) is 4.74 Å². The average Bonchev–Trinajstić information content (AvgIpc) is 3.04. The summed E-state index contributed by atoms with van der Waals surface area (Å²) in [5, 5.41) is 11.0.